The van der Waals surface area contributed by atoms with Gasteiger partial charge in [-0.2, -0.15) is 0 Å². The number of benzene rings is 4. The first-order valence-corrected chi connectivity index (χ1v) is 12.0. The molecule has 4 aromatic rings. The van der Waals surface area contributed by atoms with Gasteiger partial charge in [0.15, 0.2) is 0 Å². The van der Waals surface area contributed by atoms with Crippen molar-refractivity contribution < 1.29 is 23.9 Å². The van der Waals surface area contributed by atoms with Gasteiger partial charge in [0.1, 0.15) is 5.75 Å². The van der Waals surface area contributed by atoms with Gasteiger partial charge in [0.25, 0.3) is 11.8 Å². The van der Waals surface area contributed by atoms with E-state index in [1.54, 1.807) is 48.5 Å². The van der Waals surface area contributed by atoms with Crippen molar-refractivity contribution in [2.45, 2.75) is 6.42 Å². The average molecular weight is 492 g/mol. The highest BCUT2D eigenvalue weighted by Gasteiger charge is 2.35. The number of imide groups is 1. The number of hydrogen-bond acceptors (Lipinski definition) is 5. The summed E-state index contributed by atoms with van der Waals surface area (Å²) in [5.41, 5.74) is 2.97. The first kappa shape index (κ1) is 24.0. The smallest absolute Gasteiger partial charge is 0.337 e. The average Bonchev–Trinajstić information content (AvgIpc) is 3.18. The molecule has 6 heteroatoms. The van der Waals surface area contributed by atoms with Crippen molar-refractivity contribution >= 4 is 34.6 Å². The molecule has 1 aliphatic rings. The molecule has 6 nitrogen and oxygen atoms in total. The number of nitrogens with zero attached hydrogens (tertiary/aromatic N) is 1. The summed E-state index contributed by atoms with van der Waals surface area (Å²) in [6.07, 6.45) is 2.42. The van der Waals surface area contributed by atoms with E-state index in [2.05, 4.69) is 0 Å². The molecule has 1 heterocycles. The maximum Gasteiger partial charge on any atom is 0.337 e. The predicted molar refractivity (Wildman–Crippen MR) is 142 cm³/mol. The lowest BCUT2D eigenvalue weighted by atomic mass is 10.1. The minimum absolute atomic E-state index is 0.143. The van der Waals surface area contributed by atoms with Crippen LogP contribution in [0, 0.1) is 0 Å². The predicted octanol–water partition coefficient (Wildman–Crippen LogP) is 5.78. The lowest BCUT2D eigenvalue weighted by molar-refractivity contribution is 0.0598. The van der Waals surface area contributed by atoms with E-state index in [1.165, 1.54) is 12.0 Å². The molecule has 0 atom stereocenters. The van der Waals surface area contributed by atoms with Crippen molar-refractivity contribution in [1.82, 2.24) is 4.90 Å². The first-order valence-electron chi connectivity index (χ1n) is 12.0. The molecule has 0 unspecified atom stereocenters. The summed E-state index contributed by atoms with van der Waals surface area (Å²) in [5, 5.41) is 2.11. The van der Waals surface area contributed by atoms with Crippen molar-refractivity contribution in [3.63, 3.8) is 0 Å². The van der Waals surface area contributed by atoms with Gasteiger partial charge in [0.05, 0.1) is 37.0 Å². The molecule has 0 spiro atoms. The van der Waals surface area contributed by atoms with Crippen LogP contribution in [0.5, 0.6) is 5.75 Å². The zero-order valence-electron chi connectivity index (χ0n) is 20.3. The molecule has 0 fully saturated rings. The highest BCUT2D eigenvalue weighted by Crippen LogP contribution is 2.27. The van der Waals surface area contributed by atoms with E-state index in [9.17, 15) is 14.4 Å². The summed E-state index contributed by atoms with van der Waals surface area (Å²) in [5.74, 6) is -0.240. The number of ether oxygens (including phenoxy) is 2. The van der Waals surface area contributed by atoms with E-state index in [4.69, 9.17) is 9.47 Å². The summed E-state index contributed by atoms with van der Waals surface area (Å²) >= 11 is 0. The van der Waals surface area contributed by atoms with Crippen molar-refractivity contribution in [3.05, 3.63) is 119 Å². The second-order valence-corrected chi connectivity index (χ2v) is 8.73. The van der Waals surface area contributed by atoms with Crippen LogP contribution in [0.15, 0.2) is 96.6 Å². The molecule has 0 aliphatic carbocycles. The van der Waals surface area contributed by atoms with E-state index in [-0.39, 0.29) is 18.4 Å². The Kier molecular flexibility index (Phi) is 6.81. The van der Waals surface area contributed by atoms with Crippen LogP contribution < -0.4 is 4.74 Å². The molecule has 4 aromatic carbocycles. The van der Waals surface area contributed by atoms with Gasteiger partial charge in [-0.3, -0.25) is 14.5 Å². The molecule has 0 saturated carbocycles. The van der Waals surface area contributed by atoms with Crippen LogP contribution in [0.1, 0.15) is 43.1 Å². The standard InChI is InChI=1S/C31H25NO5/c1-36-31(35)24-15-13-21(14-16-24)19-22(20-32-29(33)26-10-4-5-11-27(26)30(32)34)17-18-37-28-12-6-8-23-7-2-3-9-25(23)28/h2-16,19H,17-18,20H2,1H3/b22-19-. The molecule has 1 aliphatic heterocycles. The zero-order valence-corrected chi connectivity index (χ0v) is 20.3. The van der Waals surface area contributed by atoms with Crippen LogP contribution in [0.3, 0.4) is 0 Å². The fourth-order valence-electron chi connectivity index (χ4n) is 4.47. The lowest BCUT2D eigenvalue weighted by Crippen LogP contribution is -2.32. The van der Waals surface area contributed by atoms with Gasteiger partial charge in [0.2, 0.25) is 0 Å². The Bertz CT molecular complexity index is 1480. The van der Waals surface area contributed by atoms with Crippen LogP contribution in [0.25, 0.3) is 16.8 Å². The van der Waals surface area contributed by atoms with Crippen LogP contribution in [-0.2, 0) is 4.74 Å². The van der Waals surface area contributed by atoms with E-state index < -0.39 is 5.97 Å². The summed E-state index contributed by atoms with van der Waals surface area (Å²) in [7, 11) is 1.34. The van der Waals surface area contributed by atoms with E-state index >= 15 is 0 Å². The molecule has 0 N–H and O–H groups in total. The number of carbonyl (C=O) groups excluding carboxylic acids is 3. The molecule has 0 saturated heterocycles. The van der Waals surface area contributed by atoms with Gasteiger partial charge in [-0.25, -0.2) is 4.79 Å². The van der Waals surface area contributed by atoms with Crippen molar-refractivity contribution in [3.8, 4) is 5.75 Å². The Morgan fingerprint density at radius 2 is 1.46 bits per heavy atom. The molecule has 5 rings (SSSR count). The molecular formula is C31H25NO5. The molecule has 0 radical (unpaired) electrons. The van der Waals surface area contributed by atoms with Crippen molar-refractivity contribution in [1.29, 1.82) is 0 Å². The van der Waals surface area contributed by atoms with Crippen molar-refractivity contribution in [2.75, 3.05) is 20.3 Å². The second kappa shape index (κ2) is 10.5. The summed E-state index contributed by atoms with van der Waals surface area (Å²) in [4.78, 5) is 39.0. The Hall–Kier alpha value is -4.71. The van der Waals surface area contributed by atoms with E-state index in [0.717, 1.165) is 27.7 Å². The van der Waals surface area contributed by atoms with Gasteiger partial charge >= 0.3 is 5.97 Å². The van der Waals surface area contributed by atoms with Gasteiger partial charge in [-0.05, 0) is 46.9 Å². The molecule has 0 aromatic heterocycles. The molecular weight excluding hydrogens is 466 g/mol. The third kappa shape index (κ3) is 5.00. The molecule has 37 heavy (non-hydrogen) atoms. The minimum atomic E-state index is -0.412. The highest BCUT2D eigenvalue weighted by molar-refractivity contribution is 6.21. The van der Waals surface area contributed by atoms with Crippen LogP contribution >= 0.6 is 0 Å². The minimum Gasteiger partial charge on any atom is -0.493 e. The quantitative estimate of drug-likeness (QED) is 0.231. The number of methoxy groups -OCH3 is 1. The second-order valence-electron chi connectivity index (χ2n) is 8.73. The van der Waals surface area contributed by atoms with Gasteiger partial charge < -0.3 is 9.47 Å². The zero-order chi connectivity index (χ0) is 25.8. The highest BCUT2D eigenvalue weighted by atomic mass is 16.5. The first-order chi connectivity index (χ1) is 18.0. The number of rotatable bonds is 8. The Balaban J connectivity index is 1.38. The fourth-order valence-corrected chi connectivity index (χ4v) is 4.47. The SMILES string of the molecule is COC(=O)c1ccc(/C=C(/CCOc2cccc3ccccc23)CN2C(=O)c3ccccc3C2=O)cc1. The number of carbonyl (C=O) groups is 3. The Morgan fingerprint density at radius 3 is 2.16 bits per heavy atom. The molecule has 0 bridgehead atoms. The van der Waals surface area contributed by atoms with E-state index in [0.29, 0.717) is 29.7 Å². The number of fused-ring (bicyclic) bond motifs is 2. The third-order valence-corrected chi connectivity index (χ3v) is 6.37. The van der Waals surface area contributed by atoms with Crippen LogP contribution in [0.4, 0.5) is 0 Å². The summed E-state index contributed by atoms with van der Waals surface area (Å²) in [6.45, 7) is 0.507. The number of esters is 1. The van der Waals surface area contributed by atoms with Gasteiger partial charge in [-0.15, -0.1) is 0 Å². The fraction of sp³-hybridized carbons (Fsp3) is 0.129. The monoisotopic (exact) mass is 491 g/mol. The van der Waals surface area contributed by atoms with Crippen LogP contribution in [0.2, 0.25) is 0 Å². The molecule has 2 amide bonds. The normalized spacial score (nSPS) is 13.1. The lowest BCUT2D eigenvalue weighted by Gasteiger charge is -2.18. The Morgan fingerprint density at radius 1 is 0.811 bits per heavy atom. The Labute approximate surface area is 214 Å². The maximum absolute atomic E-state index is 13.0. The largest absolute Gasteiger partial charge is 0.493 e. The summed E-state index contributed by atoms with van der Waals surface area (Å²) in [6, 6.07) is 27.8. The van der Waals surface area contributed by atoms with E-state index in [1.807, 2.05) is 48.5 Å². The third-order valence-electron chi connectivity index (χ3n) is 6.37. The van der Waals surface area contributed by atoms with Crippen molar-refractivity contribution in [2.24, 2.45) is 0 Å². The van der Waals surface area contributed by atoms with Crippen LogP contribution in [-0.4, -0.2) is 42.9 Å². The van der Waals surface area contributed by atoms with Gasteiger partial charge in [-0.1, -0.05) is 66.7 Å². The maximum atomic E-state index is 13.0. The summed E-state index contributed by atoms with van der Waals surface area (Å²) < 4.78 is 10.9. The topological polar surface area (TPSA) is 72.9 Å². The number of hydrogen-bond donors (Lipinski definition) is 0. The number of amides is 2. The van der Waals surface area contributed by atoms with Gasteiger partial charge in [0, 0.05) is 11.8 Å². The molecule has 184 valence electrons.